The molecule has 1 aliphatic heterocycles. The van der Waals surface area contributed by atoms with Gasteiger partial charge in [0.15, 0.2) is 5.65 Å². The first-order valence-electron chi connectivity index (χ1n) is 6.94. The molecule has 0 radical (unpaired) electrons. The van der Waals surface area contributed by atoms with Crippen molar-refractivity contribution in [3.8, 4) is 5.88 Å². The van der Waals surface area contributed by atoms with Crippen LogP contribution in [-0.2, 0) is 0 Å². The molecule has 5 heteroatoms. The van der Waals surface area contributed by atoms with Gasteiger partial charge in [0.05, 0.1) is 18.7 Å². The quantitative estimate of drug-likeness (QED) is 0.889. The van der Waals surface area contributed by atoms with E-state index in [0.29, 0.717) is 11.9 Å². The third kappa shape index (κ3) is 2.42. The standard InChI is InChI=1S/C14H20N4O/c1-3-9-6-7-15-11(8-9)14-16-10-4-5-12(19-2)17-13(10)18-14/h4-5,9,11,15H,3,6-8H2,1-2H3,(H,16,17,18). The normalized spacial score (nSPS) is 23.7. The fourth-order valence-electron chi connectivity index (χ4n) is 2.75. The Morgan fingerprint density at radius 2 is 2.26 bits per heavy atom. The maximum atomic E-state index is 5.13. The van der Waals surface area contributed by atoms with Crippen LogP contribution in [0.25, 0.3) is 11.2 Å². The van der Waals surface area contributed by atoms with E-state index < -0.39 is 0 Å². The lowest BCUT2D eigenvalue weighted by molar-refractivity contribution is 0.292. The van der Waals surface area contributed by atoms with E-state index in [1.54, 1.807) is 7.11 Å². The minimum absolute atomic E-state index is 0.318. The summed E-state index contributed by atoms with van der Waals surface area (Å²) < 4.78 is 5.13. The SMILES string of the molecule is CCC1CCNC(c2nc3nc(OC)ccc3[nH]2)C1. The molecule has 2 unspecified atom stereocenters. The van der Waals surface area contributed by atoms with E-state index >= 15 is 0 Å². The second kappa shape index (κ2) is 5.17. The molecule has 1 saturated heterocycles. The zero-order valence-electron chi connectivity index (χ0n) is 11.4. The molecule has 0 spiro atoms. The van der Waals surface area contributed by atoms with Crippen molar-refractivity contribution in [1.82, 2.24) is 20.3 Å². The summed E-state index contributed by atoms with van der Waals surface area (Å²) in [5, 5.41) is 3.54. The Balaban J connectivity index is 1.88. The van der Waals surface area contributed by atoms with Crippen LogP contribution in [0.15, 0.2) is 12.1 Å². The van der Waals surface area contributed by atoms with Gasteiger partial charge >= 0.3 is 0 Å². The predicted molar refractivity (Wildman–Crippen MR) is 74.2 cm³/mol. The summed E-state index contributed by atoms with van der Waals surface area (Å²) in [6.07, 6.45) is 3.65. The summed E-state index contributed by atoms with van der Waals surface area (Å²) in [5.41, 5.74) is 1.70. The number of imidazole rings is 1. The highest BCUT2D eigenvalue weighted by Gasteiger charge is 2.24. The monoisotopic (exact) mass is 260 g/mol. The van der Waals surface area contributed by atoms with Gasteiger partial charge in [0.25, 0.3) is 0 Å². The number of methoxy groups -OCH3 is 1. The van der Waals surface area contributed by atoms with Crippen molar-refractivity contribution >= 4 is 11.2 Å². The van der Waals surface area contributed by atoms with Gasteiger partial charge in [-0.3, -0.25) is 0 Å². The Hall–Kier alpha value is -1.62. The summed E-state index contributed by atoms with van der Waals surface area (Å²) in [6, 6.07) is 4.14. The molecule has 5 nitrogen and oxygen atoms in total. The van der Waals surface area contributed by atoms with Crippen molar-refractivity contribution in [2.45, 2.75) is 32.2 Å². The molecular weight excluding hydrogens is 240 g/mol. The van der Waals surface area contributed by atoms with Crippen molar-refractivity contribution in [1.29, 1.82) is 0 Å². The zero-order valence-corrected chi connectivity index (χ0v) is 11.4. The van der Waals surface area contributed by atoms with Crippen LogP contribution >= 0.6 is 0 Å². The number of H-pyrrole nitrogens is 1. The fraction of sp³-hybridized carbons (Fsp3) is 0.571. The molecule has 2 N–H and O–H groups in total. The van der Waals surface area contributed by atoms with Gasteiger partial charge in [-0.05, 0) is 31.4 Å². The molecule has 2 aromatic rings. The topological polar surface area (TPSA) is 62.8 Å². The zero-order chi connectivity index (χ0) is 13.2. The molecule has 1 fully saturated rings. The molecule has 0 amide bonds. The van der Waals surface area contributed by atoms with Gasteiger partial charge in [0.2, 0.25) is 5.88 Å². The van der Waals surface area contributed by atoms with E-state index in [1.807, 2.05) is 12.1 Å². The Morgan fingerprint density at radius 3 is 3.05 bits per heavy atom. The van der Waals surface area contributed by atoms with E-state index in [1.165, 1.54) is 12.8 Å². The summed E-state index contributed by atoms with van der Waals surface area (Å²) in [5.74, 6) is 2.39. The molecule has 2 atom stereocenters. The number of nitrogens with one attached hydrogen (secondary N) is 2. The van der Waals surface area contributed by atoms with E-state index in [2.05, 4.69) is 27.2 Å². The molecule has 0 saturated carbocycles. The van der Waals surface area contributed by atoms with Crippen LogP contribution in [0.4, 0.5) is 0 Å². The van der Waals surface area contributed by atoms with Crippen LogP contribution in [0, 0.1) is 5.92 Å². The lowest BCUT2D eigenvalue weighted by atomic mass is 9.90. The highest BCUT2D eigenvalue weighted by molar-refractivity contribution is 5.71. The van der Waals surface area contributed by atoms with Crippen molar-refractivity contribution in [2.75, 3.05) is 13.7 Å². The van der Waals surface area contributed by atoms with Gasteiger partial charge in [-0.2, -0.15) is 4.98 Å². The molecule has 102 valence electrons. The molecular formula is C14H20N4O. The van der Waals surface area contributed by atoms with Crippen molar-refractivity contribution < 1.29 is 4.74 Å². The summed E-state index contributed by atoms with van der Waals surface area (Å²) >= 11 is 0. The highest BCUT2D eigenvalue weighted by Crippen LogP contribution is 2.28. The molecule has 0 aliphatic carbocycles. The van der Waals surface area contributed by atoms with Crippen LogP contribution in [0.2, 0.25) is 0 Å². The molecule has 1 aliphatic rings. The summed E-state index contributed by atoms with van der Waals surface area (Å²) in [7, 11) is 1.62. The number of fused-ring (bicyclic) bond motifs is 1. The van der Waals surface area contributed by atoms with Gasteiger partial charge in [-0.15, -0.1) is 0 Å². The van der Waals surface area contributed by atoms with Crippen LogP contribution in [0.3, 0.4) is 0 Å². The predicted octanol–water partition coefficient (Wildman–Crippen LogP) is 2.42. The first-order chi connectivity index (χ1) is 9.30. The molecule has 2 aromatic heterocycles. The number of piperidine rings is 1. The lowest BCUT2D eigenvalue weighted by Gasteiger charge is -2.28. The van der Waals surface area contributed by atoms with E-state index in [-0.39, 0.29) is 0 Å². The minimum Gasteiger partial charge on any atom is -0.481 e. The second-order valence-electron chi connectivity index (χ2n) is 5.15. The third-order valence-corrected chi connectivity index (χ3v) is 3.97. The van der Waals surface area contributed by atoms with E-state index in [0.717, 1.165) is 35.9 Å². The molecule has 0 aromatic carbocycles. The Bertz CT molecular complexity index is 566. The summed E-state index contributed by atoms with van der Waals surface area (Å²) in [6.45, 7) is 3.33. The largest absolute Gasteiger partial charge is 0.481 e. The number of hydrogen-bond acceptors (Lipinski definition) is 4. The molecule has 3 heterocycles. The van der Waals surface area contributed by atoms with Crippen molar-refractivity contribution in [3.63, 3.8) is 0 Å². The Morgan fingerprint density at radius 1 is 1.37 bits per heavy atom. The number of nitrogens with zero attached hydrogens (tertiary/aromatic N) is 2. The Kier molecular flexibility index (Phi) is 3.38. The average molecular weight is 260 g/mol. The van der Waals surface area contributed by atoms with E-state index in [4.69, 9.17) is 4.74 Å². The van der Waals surface area contributed by atoms with Crippen molar-refractivity contribution in [2.24, 2.45) is 5.92 Å². The third-order valence-electron chi connectivity index (χ3n) is 3.97. The smallest absolute Gasteiger partial charge is 0.215 e. The fourth-order valence-corrected chi connectivity index (χ4v) is 2.75. The summed E-state index contributed by atoms with van der Waals surface area (Å²) in [4.78, 5) is 12.3. The first-order valence-corrected chi connectivity index (χ1v) is 6.94. The maximum absolute atomic E-state index is 5.13. The number of aromatic amines is 1. The lowest BCUT2D eigenvalue weighted by Crippen LogP contribution is -2.32. The Labute approximate surface area is 112 Å². The second-order valence-corrected chi connectivity index (χ2v) is 5.15. The minimum atomic E-state index is 0.318. The number of rotatable bonds is 3. The van der Waals surface area contributed by atoms with Crippen LogP contribution < -0.4 is 10.1 Å². The number of ether oxygens (including phenoxy) is 1. The van der Waals surface area contributed by atoms with Crippen LogP contribution in [-0.4, -0.2) is 28.6 Å². The van der Waals surface area contributed by atoms with Crippen LogP contribution in [0.5, 0.6) is 5.88 Å². The average Bonchev–Trinajstić information content (AvgIpc) is 2.90. The van der Waals surface area contributed by atoms with Crippen LogP contribution in [0.1, 0.15) is 38.1 Å². The molecule has 0 bridgehead atoms. The van der Waals surface area contributed by atoms with Gasteiger partial charge < -0.3 is 15.0 Å². The first kappa shape index (κ1) is 12.4. The number of hydrogen-bond donors (Lipinski definition) is 2. The maximum Gasteiger partial charge on any atom is 0.215 e. The molecule has 19 heavy (non-hydrogen) atoms. The van der Waals surface area contributed by atoms with Gasteiger partial charge in [0, 0.05) is 6.07 Å². The van der Waals surface area contributed by atoms with Gasteiger partial charge in [-0.1, -0.05) is 13.3 Å². The van der Waals surface area contributed by atoms with Crippen molar-refractivity contribution in [3.05, 3.63) is 18.0 Å². The number of pyridine rings is 1. The highest BCUT2D eigenvalue weighted by atomic mass is 16.5. The van der Waals surface area contributed by atoms with E-state index in [9.17, 15) is 0 Å². The van der Waals surface area contributed by atoms with Gasteiger partial charge in [0.1, 0.15) is 5.82 Å². The van der Waals surface area contributed by atoms with Gasteiger partial charge in [-0.25, -0.2) is 4.98 Å². The molecule has 3 rings (SSSR count). The number of aromatic nitrogens is 3.